The summed E-state index contributed by atoms with van der Waals surface area (Å²) in [6.07, 6.45) is 7.70. The Morgan fingerprint density at radius 1 is 1.00 bits per heavy atom. The number of aromatic nitrogens is 6. The maximum Gasteiger partial charge on any atom is 0.207 e. The molecule has 31 heavy (non-hydrogen) atoms. The maximum atomic E-state index is 9.39. The van der Waals surface area contributed by atoms with Crippen molar-refractivity contribution in [2.24, 2.45) is 0 Å². The van der Waals surface area contributed by atoms with Crippen LogP contribution >= 0.6 is 0 Å². The van der Waals surface area contributed by atoms with Gasteiger partial charge in [-0.15, -0.1) is 0 Å². The van der Waals surface area contributed by atoms with E-state index in [9.17, 15) is 5.11 Å². The first-order valence-electron chi connectivity index (χ1n) is 9.82. The van der Waals surface area contributed by atoms with E-state index in [1.165, 1.54) is 6.33 Å². The Labute approximate surface area is 177 Å². The third-order valence-electron chi connectivity index (χ3n) is 4.86. The Hall–Kier alpha value is -4.40. The average Bonchev–Trinajstić information content (AvgIpc) is 3.46. The van der Waals surface area contributed by atoms with Crippen molar-refractivity contribution in [2.45, 2.75) is 6.42 Å². The van der Waals surface area contributed by atoms with Gasteiger partial charge in [0.2, 0.25) is 5.95 Å². The molecule has 9 heteroatoms. The van der Waals surface area contributed by atoms with Crippen LogP contribution in [0.5, 0.6) is 5.75 Å². The van der Waals surface area contributed by atoms with Gasteiger partial charge in [0.25, 0.3) is 0 Å². The molecule has 0 fully saturated rings. The van der Waals surface area contributed by atoms with Gasteiger partial charge in [-0.25, -0.2) is 15.0 Å². The largest absolute Gasteiger partial charge is 0.508 e. The smallest absolute Gasteiger partial charge is 0.207 e. The van der Waals surface area contributed by atoms with Crippen molar-refractivity contribution >= 4 is 28.6 Å². The van der Waals surface area contributed by atoms with Crippen molar-refractivity contribution in [1.82, 2.24) is 29.5 Å². The third-order valence-corrected chi connectivity index (χ3v) is 4.86. The van der Waals surface area contributed by atoms with Gasteiger partial charge in [-0.3, -0.25) is 0 Å². The summed E-state index contributed by atoms with van der Waals surface area (Å²) >= 11 is 0. The number of fused-ring (bicyclic) bond motifs is 1. The predicted molar refractivity (Wildman–Crippen MR) is 119 cm³/mol. The zero-order chi connectivity index (χ0) is 21.0. The first kappa shape index (κ1) is 18.6. The van der Waals surface area contributed by atoms with E-state index in [1.54, 1.807) is 24.7 Å². The molecule has 0 bridgehead atoms. The van der Waals surface area contributed by atoms with Crippen molar-refractivity contribution < 1.29 is 5.11 Å². The van der Waals surface area contributed by atoms with Crippen LogP contribution in [0.1, 0.15) is 5.56 Å². The van der Waals surface area contributed by atoms with E-state index >= 15 is 0 Å². The number of hydrogen-bond donors (Lipinski definition) is 4. The molecule has 0 atom stereocenters. The highest BCUT2D eigenvalue weighted by Crippen LogP contribution is 2.22. The molecule has 4 N–H and O–H groups in total. The lowest BCUT2D eigenvalue weighted by Gasteiger charge is -2.06. The molecule has 0 radical (unpaired) electrons. The Bertz CT molecular complexity index is 1280. The number of aromatic hydroxyl groups is 1. The van der Waals surface area contributed by atoms with Crippen molar-refractivity contribution in [3.8, 4) is 11.4 Å². The van der Waals surface area contributed by atoms with E-state index in [0.29, 0.717) is 24.0 Å². The fourth-order valence-corrected chi connectivity index (χ4v) is 3.27. The molecule has 0 aliphatic heterocycles. The van der Waals surface area contributed by atoms with E-state index in [4.69, 9.17) is 0 Å². The number of phenolic OH excluding ortho intramolecular Hbond substituents is 1. The fraction of sp³-hybridized carbons (Fsp3) is 0.0909. The molecule has 154 valence electrons. The number of phenols is 1. The molecule has 0 unspecified atom stereocenters. The molecular weight excluding hydrogens is 392 g/mol. The SMILES string of the molecule is Oc1ccc(CCNc2ncnc3nc(Nc4ccc(-n5ccnc5)cc4)[nH]c23)cc1. The normalized spacial score (nSPS) is 11.0. The van der Waals surface area contributed by atoms with Gasteiger partial charge in [0.1, 0.15) is 17.6 Å². The summed E-state index contributed by atoms with van der Waals surface area (Å²) in [6.45, 7) is 0.689. The molecule has 3 heterocycles. The van der Waals surface area contributed by atoms with E-state index in [0.717, 1.165) is 28.9 Å². The van der Waals surface area contributed by atoms with Gasteiger partial charge < -0.3 is 25.3 Å². The van der Waals surface area contributed by atoms with Gasteiger partial charge in [0.05, 0.1) is 6.33 Å². The monoisotopic (exact) mass is 412 g/mol. The topological polar surface area (TPSA) is 117 Å². The number of imidazole rings is 2. The van der Waals surface area contributed by atoms with Gasteiger partial charge in [0.15, 0.2) is 11.5 Å². The molecule has 0 aliphatic rings. The molecule has 0 amide bonds. The summed E-state index contributed by atoms with van der Waals surface area (Å²) in [5.41, 5.74) is 4.38. The minimum absolute atomic E-state index is 0.267. The molecule has 5 rings (SSSR count). The van der Waals surface area contributed by atoms with Crippen LogP contribution in [0, 0.1) is 0 Å². The van der Waals surface area contributed by atoms with Crippen LogP contribution in [0.15, 0.2) is 73.6 Å². The standard InChI is InChI=1S/C22H20N8O/c31-18-7-1-15(2-8-18)9-10-24-20-19-21(26-13-25-20)29-22(28-19)27-16-3-5-17(6-4-16)30-12-11-23-14-30/h1-8,11-14,31H,9-10H2,(H3,24,25,26,27,28,29). The van der Waals surface area contributed by atoms with Gasteiger partial charge in [-0.05, 0) is 48.4 Å². The maximum absolute atomic E-state index is 9.39. The molecule has 5 aromatic rings. The van der Waals surface area contributed by atoms with Crippen LogP contribution in [0.25, 0.3) is 16.9 Å². The van der Waals surface area contributed by atoms with E-state index in [1.807, 2.05) is 47.2 Å². The van der Waals surface area contributed by atoms with E-state index in [-0.39, 0.29) is 5.75 Å². The number of hydrogen-bond acceptors (Lipinski definition) is 7. The van der Waals surface area contributed by atoms with Crippen LogP contribution in [-0.2, 0) is 6.42 Å². The highest BCUT2D eigenvalue weighted by atomic mass is 16.3. The molecule has 0 spiro atoms. The lowest BCUT2D eigenvalue weighted by molar-refractivity contribution is 0.475. The number of aromatic amines is 1. The minimum atomic E-state index is 0.267. The lowest BCUT2D eigenvalue weighted by atomic mass is 10.1. The van der Waals surface area contributed by atoms with Gasteiger partial charge >= 0.3 is 0 Å². The van der Waals surface area contributed by atoms with Crippen molar-refractivity contribution in [3.63, 3.8) is 0 Å². The number of anilines is 3. The van der Waals surface area contributed by atoms with Crippen molar-refractivity contribution in [3.05, 3.63) is 79.1 Å². The highest BCUT2D eigenvalue weighted by Gasteiger charge is 2.10. The van der Waals surface area contributed by atoms with Gasteiger partial charge in [0, 0.05) is 30.3 Å². The van der Waals surface area contributed by atoms with Gasteiger partial charge in [-0.2, -0.15) is 4.98 Å². The second-order valence-electron chi connectivity index (χ2n) is 6.99. The van der Waals surface area contributed by atoms with Crippen LogP contribution in [-0.4, -0.2) is 41.1 Å². The number of nitrogens with one attached hydrogen (secondary N) is 3. The highest BCUT2D eigenvalue weighted by molar-refractivity contribution is 5.84. The number of benzene rings is 2. The molecule has 0 saturated carbocycles. The zero-order valence-electron chi connectivity index (χ0n) is 16.5. The molecule has 9 nitrogen and oxygen atoms in total. The summed E-state index contributed by atoms with van der Waals surface area (Å²) in [7, 11) is 0. The third kappa shape index (κ3) is 4.15. The molecule has 2 aromatic carbocycles. The Morgan fingerprint density at radius 2 is 1.84 bits per heavy atom. The molecule has 0 saturated heterocycles. The molecule has 0 aliphatic carbocycles. The first-order valence-corrected chi connectivity index (χ1v) is 9.82. The average molecular weight is 412 g/mol. The zero-order valence-corrected chi connectivity index (χ0v) is 16.5. The minimum Gasteiger partial charge on any atom is -0.508 e. The van der Waals surface area contributed by atoms with Crippen LogP contribution in [0.2, 0.25) is 0 Å². The summed E-state index contributed by atoms with van der Waals surface area (Å²) in [5.74, 6) is 1.55. The van der Waals surface area contributed by atoms with Crippen molar-refractivity contribution in [1.29, 1.82) is 0 Å². The quantitative estimate of drug-likeness (QED) is 0.322. The Morgan fingerprint density at radius 3 is 2.61 bits per heavy atom. The first-order chi connectivity index (χ1) is 15.2. The predicted octanol–water partition coefficient (Wildman–Crippen LogP) is 3.64. The lowest BCUT2D eigenvalue weighted by Crippen LogP contribution is -2.07. The second kappa shape index (κ2) is 8.15. The number of rotatable bonds is 7. The summed E-state index contributed by atoms with van der Waals surface area (Å²) in [4.78, 5) is 20.4. The summed E-state index contributed by atoms with van der Waals surface area (Å²) in [5, 5.41) is 16.0. The van der Waals surface area contributed by atoms with Crippen molar-refractivity contribution in [2.75, 3.05) is 17.2 Å². The van der Waals surface area contributed by atoms with E-state index in [2.05, 4.69) is 35.6 Å². The Balaban J connectivity index is 1.28. The van der Waals surface area contributed by atoms with E-state index < -0.39 is 0 Å². The fourth-order valence-electron chi connectivity index (χ4n) is 3.27. The van der Waals surface area contributed by atoms with Crippen LogP contribution in [0.4, 0.5) is 17.5 Å². The summed E-state index contributed by atoms with van der Waals surface area (Å²) in [6, 6.07) is 15.1. The number of nitrogens with zero attached hydrogens (tertiary/aromatic N) is 5. The summed E-state index contributed by atoms with van der Waals surface area (Å²) < 4.78 is 1.94. The van der Waals surface area contributed by atoms with Crippen LogP contribution in [0.3, 0.4) is 0 Å². The van der Waals surface area contributed by atoms with Crippen LogP contribution < -0.4 is 10.6 Å². The number of H-pyrrole nitrogens is 1. The Kier molecular flexibility index (Phi) is 4.89. The molecule has 3 aromatic heterocycles. The second-order valence-corrected chi connectivity index (χ2v) is 6.99. The van der Waals surface area contributed by atoms with Gasteiger partial charge in [-0.1, -0.05) is 12.1 Å². The molecular formula is C22H20N8O.